The van der Waals surface area contributed by atoms with Gasteiger partial charge < -0.3 is 26.3 Å². The molecule has 1 heterocycles. The van der Waals surface area contributed by atoms with E-state index in [0.717, 1.165) is 0 Å². The highest BCUT2D eigenvalue weighted by Gasteiger charge is 2.13. The number of ether oxygens (including phenoxy) is 2. The molecule has 2 aromatic carbocycles. The maximum absolute atomic E-state index is 12.8. The molecule has 0 fully saturated rings. The Morgan fingerprint density at radius 3 is 2.53 bits per heavy atom. The third-order valence-electron chi connectivity index (χ3n) is 4.45. The van der Waals surface area contributed by atoms with Gasteiger partial charge in [0.15, 0.2) is 6.61 Å². The fourth-order valence-corrected chi connectivity index (χ4v) is 3.15. The number of primary amides is 1. The minimum Gasteiger partial charge on any atom is -0.487 e. The van der Waals surface area contributed by atoms with Crippen molar-refractivity contribution in [3.8, 4) is 11.5 Å². The number of hydrogen-bond donors (Lipinski definition) is 4. The number of carbonyl (C=O) groups excluding carboxylic acids is 2. The van der Waals surface area contributed by atoms with Gasteiger partial charge in [-0.1, -0.05) is 23.7 Å². The van der Waals surface area contributed by atoms with Crippen molar-refractivity contribution in [2.45, 2.75) is 13.2 Å². The SMILES string of the molecule is Cl.N=C(N)c1ccc(CNC(=O)c2cc(Cl)cc(COc3cccnc3)c2)c(OCC(N)=O)c1. The van der Waals surface area contributed by atoms with Gasteiger partial charge in [-0.05, 0) is 42.0 Å². The van der Waals surface area contributed by atoms with Gasteiger partial charge in [-0.2, -0.15) is 0 Å². The molecule has 0 bridgehead atoms. The summed E-state index contributed by atoms with van der Waals surface area (Å²) in [6, 6.07) is 13.3. The zero-order chi connectivity index (χ0) is 23.8. The number of carbonyl (C=O) groups is 2. The van der Waals surface area contributed by atoms with Crippen LogP contribution in [-0.2, 0) is 17.9 Å². The number of nitrogen functional groups attached to an aromatic ring is 1. The lowest BCUT2D eigenvalue weighted by Crippen LogP contribution is -2.25. The van der Waals surface area contributed by atoms with E-state index in [9.17, 15) is 9.59 Å². The van der Waals surface area contributed by atoms with Gasteiger partial charge in [-0.25, -0.2) is 0 Å². The summed E-state index contributed by atoms with van der Waals surface area (Å²) in [5.74, 6) is -0.288. The van der Waals surface area contributed by atoms with Gasteiger partial charge in [-0.3, -0.25) is 20.0 Å². The van der Waals surface area contributed by atoms with E-state index in [1.54, 1.807) is 54.9 Å². The first-order chi connectivity index (χ1) is 15.8. The standard InChI is InChI=1S/C23H22ClN5O4.ClH/c24-18-7-14(12-32-19-2-1-5-28-11-19)6-17(8-18)23(31)29-10-16-4-3-15(22(26)27)9-20(16)33-13-21(25)30;/h1-9,11H,10,12-13H2,(H2,25,30)(H3,26,27)(H,29,31);1H. The van der Waals surface area contributed by atoms with Crippen molar-refractivity contribution in [3.63, 3.8) is 0 Å². The molecular weight excluding hydrogens is 481 g/mol. The first kappa shape index (κ1) is 26.4. The lowest BCUT2D eigenvalue weighted by atomic mass is 10.1. The van der Waals surface area contributed by atoms with Gasteiger partial charge in [0.25, 0.3) is 11.8 Å². The normalized spacial score (nSPS) is 10.0. The quantitative estimate of drug-likeness (QED) is 0.246. The number of nitrogens with zero attached hydrogens (tertiary/aromatic N) is 1. The molecule has 0 saturated heterocycles. The smallest absolute Gasteiger partial charge is 0.255 e. The average molecular weight is 504 g/mol. The van der Waals surface area contributed by atoms with Crippen LogP contribution in [0.1, 0.15) is 27.0 Å². The lowest BCUT2D eigenvalue weighted by molar-refractivity contribution is -0.119. The van der Waals surface area contributed by atoms with Crippen molar-refractivity contribution in [2.75, 3.05) is 6.61 Å². The molecule has 0 aliphatic heterocycles. The Morgan fingerprint density at radius 2 is 1.85 bits per heavy atom. The zero-order valence-electron chi connectivity index (χ0n) is 17.9. The average Bonchev–Trinajstić information content (AvgIpc) is 2.80. The van der Waals surface area contributed by atoms with E-state index in [2.05, 4.69) is 10.3 Å². The number of benzene rings is 2. The molecule has 0 atom stereocenters. The third kappa shape index (κ3) is 7.65. The Hall–Kier alpha value is -3.82. The van der Waals surface area contributed by atoms with Crippen molar-refractivity contribution in [3.05, 3.63) is 88.2 Å². The summed E-state index contributed by atoms with van der Waals surface area (Å²) in [5, 5.41) is 10.7. The second kappa shape index (κ2) is 12.4. The van der Waals surface area contributed by atoms with Gasteiger partial charge in [0, 0.05) is 34.5 Å². The van der Waals surface area contributed by atoms with Gasteiger partial charge in [0.1, 0.15) is 23.9 Å². The molecule has 6 N–H and O–H groups in total. The number of pyridine rings is 1. The first-order valence-corrected chi connectivity index (χ1v) is 10.2. The number of amides is 2. The van der Waals surface area contributed by atoms with Crippen molar-refractivity contribution >= 4 is 41.7 Å². The maximum atomic E-state index is 12.8. The molecule has 0 radical (unpaired) electrons. The monoisotopic (exact) mass is 503 g/mol. The van der Waals surface area contributed by atoms with Crippen LogP contribution in [0.25, 0.3) is 0 Å². The summed E-state index contributed by atoms with van der Waals surface area (Å²) in [5.41, 5.74) is 12.7. The highest BCUT2D eigenvalue weighted by molar-refractivity contribution is 6.31. The molecule has 0 aliphatic rings. The molecule has 0 saturated carbocycles. The van der Waals surface area contributed by atoms with E-state index in [-0.39, 0.29) is 43.9 Å². The summed E-state index contributed by atoms with van der Waals surface area (Å²) in [6.07, 6.45) is 3.24. The summed E-state index contributed by atoms with van der Waals surface area (Å²) in [7, 11) is 0. The highest BCUT2D eigenvalue weighted by Crippen LogP contribution is 2.22. The molecule has 2 amide bonds. The largest absolute Gasteiger partial charge is 0.487 e. The third-order valence-corrected chi connectivity index (χ3v) is 4.67. The summed E-state index contributed by atoms with van der Waals surface area (Å²) in [6.45, 7) is -0.0415. The van der Waals surface area contributed by atoms with E-state index < -0.39 is 5.91 Å². The van der Waals surface area contributed by atoms with Gasteiger partial charge >= 0.3 is 0 Å². The molecule has 11 heteroatoms. The summed E-state index contributed by atoms with van der Waals surface area (Å²) >= 11 is 6.19. The molecule has 3 aromatic rings. The molecule has 0 unspecified atom stereocenters. The number of rotatable bonds is 10. The van der Waals surface area contributed by atoms with Crippen LogP contribution in [0.4, 0.5) is 0 Å². The summed E-state index contributed by atoms with van der Waals surface area (Å²) < 4.78 is 11.1. The molecule has 9 nitrogen and oxygen atoms in total. The number of nitrogens with two attached hydrogens (primary N) is 2. The van der Waals surface area contributed by atoms with Crippen molar-refractivity contribution in [2.24, 2.45) is 11.5 Å². The van der Waals surface area contributed by atoms with Gasteiger partial charge in [0.2, 0.25) is 0 Å². The van der Waals surface area contributed by atoms with Gasteiger partial charge in [0.05, 0.1) is 6.20 Å². The highest BCUT2D eigenvalue weighted by atomic mass is 35.5. The number of halogens is 2. The Kier molecular flexibility index (Phi) is 9.66. The van der Waals surface area contributed by atoms with E-state index in [1.807, 2.05) is 0 Å². The fourth-order valence-electron chi connectivity index (χ4n) is 2.89. The minimum absolute atomic E-state index is 0. The van der Waals surface area contributed by atoms with Crippen LogP contribution in [-0.4, -0.2) is 29.2 Å². The van der Waals surface area contributed by atoms with Crippen LogP contribution in [0.5, 0.6) is 11.5 Å². The second-order valence-electron chi connectivity index (χ2n) is 7.00. The van der Waals surface area contributed by atoms with E-state index >= 15 is 0 Å². The van der Waals surface area contributed by atoms with E-state index in [4.69, 9.17) is 38.0 Å². The Morgan fingerprint density at radius 1 is 1.06 bits per heavy atom. The molecule has 1 aromatic heterocycles. The minimum atomic E-state index is -0.654. The molecule has 3 rings (SSSR count). The number of amidine groups is 1. The van der Waals surface area contributed by atoms with Crippen LogP contribution < -0.4 is 26.3 Å². The lowest BCUT2D eigenvalue weighted by Gasteiger charge is -2.13. The zero-order valence-corrected chi connectivity index (χ0v) is 19.5. The van der Waals surface area contributed by atoms with Crippen LogP contribution >= 0.6 is 24.0 Å². The predicted octanol–water partition coefficient (Wildman–Crippen LogP) is 2.81. The number of nitrogens with one attached hydrogen (secondary N) is 2. The molecule has 0 aliphatic carbocycles. The first-order valence-electron chi connectivity index (χ1n) is 9.80. The van der Waals surface area contributed by atoms with E-state index in [0.29, 0.717) is 38.8 Å². The van der Waals surface area contributed by atoms with Crippen molar-refractivity contribution in [1.29, 1.82) is 5.41 Å². The number of aromatic nitrogens is 1. The van der Waals surface area contributed by atoms with Crippen molar-refractivity contribution in [1.82, 2.24) is 10.3 Å². The Bertz CT molecular complexity index is 1180. The number of hydrogen-bond acceptors (Lipinski definition) is 6. The van der Waals surface area contributed by atoms with Crippen LogP contribution in [0.2, 0.25) is 5.02 Å². The summed E-state index contributed by atoms with van der Waals surface area (Å²) in [4.78, 5) is 27.8. The van der Waals surface area contributed by atoms with Gasteiger partial charge in [-0.15, -0.1) is 12.4 Å². The topological polar surface area (TPSA) is 153 Å². The van der Waals surface area contributed by atoms with Crippen LogP contribution in [0.15, 0.2) is 60.9 Å². The Balaban J connectivity index is 0.00000408. The fraction of sp³-hybridized carbons (Fsp3) is 0.130. The maximum Gasteiger partial charge on any atom is 0.255 e. The van der Waals surface area contributed by atoms with Crippen molar-refractivity contribution < 1.29 is 19.1 Å². The molecule has 0 spiro atoms. The predicted molar refractivity (Wildman–Crippen MR) is 131 cm³/mol. The Labute approximate surface area is 207 Å². The molecule has 34 heavy (non-hydrogen) atoms. The van der Waals surface area contributed by atoms with Crippen LogP contribution in [0, 0.1) is 5.41 Å². The van der Waals surface area contributed by atoms with Crippen LogP contribution in [0.3, 0.4) is 0 Å². The second-order valence-corrected chi connectivity index (χ2v) is 7.44. The molecular formula is C23H23Cl2N5O4. The van der Waals surface area contributed by atoms with E-state index in [1.165, 1.54) is 6.07 Å². The molecule has 178 valence electrons.